The highest BCUT2D eigenvalue weighted by atomic mass is 32.1. The third kappa shape index (κ3) is 3.69. The molecule has 0 aliphatic heterocycles. The minimum absolute atomic E-state index is 0.339. The second kappa shape index (κ2) is 7.37. The first-order chi connectivity index (χ1) is 11.7. The Labute approximate surface area is 146 Å². The number of hydrogen-bond donors (Lipinski definition) is 1. The first-order valence-electron chi connectivity index (χ1n) is 7.13. The molecule has 24 heavy (non-hydrogen) atoms. The maximum atomic E-state index is 12.3. The van der Waals surface area contributed by atoms with Crippen molar-refractivity contribution in [3.05, 3.63) is 68.3 Å². The van der Waals surface area contributed by atoms with Crippen molar-refractivity contribution >= 4 is 40.2 Å². The van der Waals surface area contributed by atoms with Gasteiger partial charge in [-0.3, -0.25) is 4.79 Å². The summed E-state index contributed by atoms with van der Waals surface area (Å²) < 4.78 is 4.70. The van der Waals surface area contributed by atoms with Crippen LogP contribution in [0.2, 0.25) is 0 Å². The molecule has 0 saturated carbocycles. The van der Waals surface area contributed by atoms with Crippen LogP contribution < -0.4 is 5.32 Å². The van der Waals surface area contributed by atoms with E-state index in [9.17, 15) is 9.59 Å². The van der Waals surface area contributed by atoms with E-state index in [4.69, 9.17) is 4.74 Å². The van der Waals surface area contributed by atoms with E-state index in [0.29, 0.717) is 22.7 Å². The summed E-state index contributed by atoms with van der Waals surface area (Å²) in [6.45, 7) is 0. The van der Waals surface area contributed by atoms with E-state index in [1.165, 1.54) is 29.8 Å². The van der Waals surface area contributed by atoms with Crippen molar-refractivity contribution < 1.29 is 14.3 Å². The average molecular weight is 358 g/mol. The van der Waals surface area contributed by atoms with Crippen LogP contribution in [0.15, 0.2) is 47.2 Å². The fraction of sp³-hybridized carbons (Fsp3) is 0.118. The van der Waals surface area contributed by atoms with Crippen LogP contribution >= 0.6 is 22.7 Å². The van der Waals surface area contributed by atoms with E-state index in [2.05, 4.69) is 10.3 Å². The van der Waals surface area contributed by atoms with Gasteiger partial charge in [0.05, 0.1) is 17.8 Å². The quantitative estimate of drug-likeness (QED) is 0.704. The molecule has 0 fully saturated rings. The van der Waals surface area contributed by atoms with Crippen molar-refractivity contribution in [2.75, 3.05) is 12.4 Å². The van der Waals surface area contributed by atoms with Gasteiger partial charge in [0, 0.05) is 11.8 Å². The number of benzene rings is 1. The van der Waals surface area contributed by atoms with Gasteiger partial charge in [-0.1, -0.05) is 30.3 Å². The molecule has 0 atom stereocenters. The molecule has 0 unspecified atom stereocenters. The van der Waals surface area contributed by atoms with Gasteiger partial charge >= 0.3 is 5.97 Å². The lowest BCUT2D eigenvalue weighted by Crippen LogP contribution is -2.14. The van der Waals surface area contributed by atoms with Gasteiger partial charge in [0.15, 0.2) is 0 Å². The van der Waals surface area contributed by atoms with Gasteiger partial charge in [0.2, 0.25) is 0 Å². The lowest BCUT2D eigenvalue weighted by atomic mass is 10.2. The second-order valence-electron chi connectivity index (χ2n) is 4.90. The third-order valence-electron chi connectivity index (χ3n) is 3.27. The minimum atomic E-state index is -0.469. The second-order valence-corrected chi connectivity index (χ2v) is 6.76. The molecular formula is C17H14N2O3S2. The molecule has 0 bridgehead atoms. The van der Waals surface area contributed by atoms with Crippen molar-refractivity contribution in [1.82, 2.24) is 4.98 Å². The highest BCUT2D eigenvalue weighted by Gasteiger charge is 2.18. The monoisotopic (exact) mass is 358 g/mol. The number of hydrogen-bond acceptors (Lipinski definition) is 6. The van der Waals surface area contributed by atoms with E-state index in [1.54, 1.807) is 16.8 Å². The summed E-state index contributed by atoms with van der Waals surface area (Å²) in [5.41, 5.74) is 1.92. The summed E-state index contributed by atoms with van der Waals surface area (Å²) in [6, 6.07) is 11.6. The number of thiazole rings is 1. The Morgan fingerprint density at radius 1 is 1.17 bits per heavy atom. The Hall–Kier alpha value is -2.51. The van der Waals surface area contributed by atoms with Crippen LogP contribution in [0.5, 0.6) is 0 Å². The van der Waals surface area contributed by atoms with E-state index in [0.717, 1.165) is 10.6 Å². The molecule has 0 aliphatic carbocycles. The van der Waals surface area contributed by atoms with Gasteiger partial charge in [-0.25, -0.2) is 9.78 Å². The zero-order chi connectivity index (χ0) is 16.9. The summed E-state index contributed by atoms with van der Waals surface area (Å²) in [4.78, 5) is 28.7. The Morgan fingerprint density at radius 3 is 2.71 bits per heavy atom. The van der Waals surface area contributed by atoms with Gasteiger partial charge in [0.25, 0.3) is 5.91 Å². The molecule has 0 aliphatic rings. The Morgan fingerprint density at radius 2 is 1.96 bits per heavy atom. The van der Waals surface area contributed by atoms with Gasteiger partial charge in [-0.2, -0.15) is 0 Å². The number of ether oxygens (including phenoxy) is 1. The number of nitrogens with zero attached hydrogens (tertiary/aromatic N) is 1. The number of amides is 1. The van der Waals surface area contributed by atoms with Crippen molar-refractivity contribution in [1.29, 1.82) is 0 Å². The highest BCUT2D eigenvalue weighted by molar-refractivity contribution is 7.12. The Bertz CT molecular complexity index is 856. The molecule has 0 saturated heterocycles. The number of nitrogens with one attached hydrogen (secondary N) is 1. The van der Waals surface area contributed by atoms with Crippen molar-refractivity contribution in [3.63, 3.8) is 0 Å². The van der Waals surface area contributed by atoms with E-state index < -0.39 is 5.97 Å². The maximum Gasteiger partial charge on any atom is 0.350 e. The standard InChI is InChI=1S/C17H14N2O3S2/c1-22-17(21)15-12(7-8-23-15)19-16(20)13-10-24-14(18-13)9-11-5-3-2-4-6-11/h2-8,10H,9H2,1H3,(H,19,20). The summed E-state index contributed by atoms with van der Waals surface area (Å²) in [5.74, 6) is -0.808. The molecule has 1 N–H and O–H groups in total. The van der Waals surface area contributed by atoms with Crippen LogP contribution in [-0.4, -0.2) is 24.0 Å². The number of carbonyl (C=O) groups excluding carboxylic acids is 2. The molecule has 2 heterocycles. The molecule has 2 aromatic heterocycles. The van der Waals surface area contributed by atoms with E-state index >= 15 is 0 Å². The molecule has 5 nitrogen and oxygen atoms in total. The normalized spacial score (nSPS) is 10.4. The predicted octanol–water partition coefficient (Wildman–Crippen LogP) is 3.83. The summed E-state index contributed by atoms with van der Waals surface area (Å²) in [5, 5.41) is 7.03. The summed E-state index contributed by atoms with van der Waals surface area (Å²) >= 11 is 2.66. The van der Waals surface area contributed by atoms with Crippen LogP contribution in [0.1, 0.15) is 30.7 Å². The first-order valence-corrected chi connectivity index (χ1v) is 8.89. The average Bonchev–Trinajstić information content (AvgIpc) is 3.24. The molecule has 1 amide bonds. The maximum absolute atomic E-state index is 12.3. The predicted molar refractivity (Wildman–Crippen MR) is 95.0 cm³/mol. The van der Waals surface area contributed by atoms with Crippen LogP contribution in [0, 0.1) is 0 Å². The van der Waals surface area contributed by atoms with Crippen LogP contribution in [-0.2, 0) is 11.2 Å². The first kappa shape index (κ1) is 16.4. The van der Waals surface area contributed by atoms with Gasteiger partial charge in [-0.15, -0.1) is 22.7 Å². The molecule has 1 aromatic carbocycles. The van der Waals surface area contributed by atoms with Gasteiger partial charge in [-0.05, 0) is 17.0 Å². The Kier molecular flexibility index (Phi) is 5.02. The van der Waals surface area contributed by atoms with E-state index in [1.807, 2.05) is 30.3 Å². The van der Waals surface area contributed by atoms with Crippen molar-refractivity contribution in [2.24, 2.45) is 0 Å². The number of thiophene rings is 1. The molecule has 7 heteroatoms. The topological polar surface area (TPSA) is 68.3 Å². The lowest BCUT2D eigenvalue weighted by molar-refractivity contribution is 0.0607. The molecule has 3 rings (SSSR count). The number of carbonyl (C=O) groups is 2. The number of aromatic nitrogens is 1. The Balaban J connectivity index is 1.70. The van der Waals surface area contributed by atoms with Crippen LogP contribution in [0.3, 0.4) is 0 Å². The SMILES string of the molecule is COC(=O)c1sccc1NC(=O)c1csc(Cc2ccccc2)n1. The van der Waals surface area contributed by atoms with Crippen molar-refractivity contribution in [2.45, 2.75) is 6.42 Å². The molecule has 0 radical (unpaired) electrons. The number of anilines is 1. The molecular weight excluding hydrogens is 344 g/mol. The number of esters is 1. The van der Waals surface area contributed by atoms with Gasteiger partial charge in [0.1, 0.15) is 10.6 Å². The molecule has 3 aromatic rings. The van der Waals surface area contributed by atoms with Gasteiger partial charge < -0.3 is 10.1 Å². The summed E-state index contributed by atoms with van der Waals surface area (Å²) in [6.07, 6.45) is 0.685. The zero-order valence-electron chi connectivity index (χ0n) is 12.8. The van der Waals surface area contributed by atoms with Crippen LogP contribution in [0.4, 0.5) is 5.69 Å². The minimum Gasteiger partial charge on any atom is -0.465 e. The largest absolute Gasteiger partial charge is 0.465 e. The smallest absolute Gasteiger partial charge is 0.350 e. The number of methoxy groups -OCH3 is 1. The van der Waals surface area contributed by atoms with E-state index in [-0.39, 0.29) is 5.91 Å². The van der Waals surface area contributed by atoms with Crippen LogP contribution in [0.25, 0.3) is 0 Å². The fourth-order valence-corrected chi connectivity index (χ4v) is 3.69. The highest BCUT2D eigenvalue weighted by Crippen LogP contribution is 2.24. The summed E-state index contributed by atoms with van der Waals surface area (Å²) in [7, 11) is 1.31. The lowest BCUT2D eigenvalue weighted by Gasteiger charge is -2.03. The molecule has 122 valence electrons. The van der Waals surface area contributed by atoms with Crippen molar-refractivity contribution in [3.8, 4) is 0 Å². The fourth-order valence-electron chi connectivity index (χ4n) is 2.11. The number of rotatable bonds is 5. The zero-order valence-corrected chi connectivity index (χ0v) is 14.4. The third-order valence-corrected chi connectivity index (χ3v) is 5.01. The molecule has 0 spiro atoms.